The lowest BCUT2D eigenvalue weighted by molar-refractivity contribution is -0.0180. The molecule has 0 saturated heterocycles. The molecule has 112 valence electrons. The highest BCUT2D eigenvalue weighted by Crippen LogP contribution is 2.33. The van der Waals surface area contributed by atoms with Crippen LogP contribution in [0.25, 0.3) is 0 Å². The lowest BCUT2D eigenvalue weighted by atomic mass is 9.80. The zero-order valence-electron chi connectivity index (χ0n) is 12.7. The van der Waals surface area contributed by atoms with E-state index in [9.17, 15) is 5.11 Å². The van der Waals surface area contributed by atoms with Gasteiger partial charge in [-0.2, -0.15) is 0 Å². The largest absolute Gasteiger partial charge is 0.394 e. The molecule has 0 heterocycles. The van der Waals surface area contributed by atoms with Crippen LogP contribution in [0, 0.1) is 5.92 Å². The molecule has 2 fully saturated rings. The van der Waals surface area contributed by atoms with E-state index < -0.39 is 0 Å². The van der Waals surface area contributed by atoms with E-state index in [0.717, 1.165) is 38.2 Å². The van der Waals surface area contributed by atoms with Gasteiger partial charge in [-0.15, -0.1) is 0 Å². The predicted molar refractivity (Wildman–Crippen MR) is 78.3 cm³/mol. The fraction of sp³-hybridized carbons (Fsp3) is 1.00. The van der Waals surface area contributed by atoms with E-state index in [-0.39, 0.29) is 12.1 Å². The predicted octanol–water partition coefficient (Wildman–Crippen LogP) is 2.86. The molecule has 0 bridgehead atoms. The Morgan fingerprint density at radius 3 is 2.74 bits per heavy atom. The number of aliphatic hydroxyl groups is 1. The van der Waals surface area contributed by atoms with Crippen molar-refractivity contribution in [3.8, 4) is 0 Å². The zero-order chi connectivity index (χ0) is 13.7. The molecular formula is C16H31NO2. The second-order valence-corrected chi connectivity index (χ2v) is 6.98. The normalized spacial score (nSPS) is 31.9. The molecule has 0 aromatic rings. The first-order valence-electron chi connectivity index (χ1n) is 8.14. The van der Waals surface area contributed by atoms with Crippen molar-refractivity contribution < 1.29 is 9.84 Å². The number of aliphatic hydroxyl groups excluding tert-OH is 1. The Labute approximate surface area is 118 Å². The summed E-state index contributed by atoms with van der Waals surface area (Å²) in [6.45, 7) is 5.66. The van der Waals surface area contributed by atoms with Gasteiger partial charge in [-0.1, -0.05) is 13.8 Å². The third-order valence-corrected chi connectivity index (χ3v) is 4.47. The molecule has 0 radical (unpaired) electrons. The van der Waals surface area contributed by atoms with Gasteiger partial charge in [0.15, 0.2) is 0 Å². The molecule has 19 heavy (non-hydrogen) atoms. The van der Waals surface area contributed by atoms with Crippen LogP contribution in [0.3, 0.4) is 0 Å². The summed E-state index contributed by atoms with van der Waals surface area (Å²) in [6, 6.07) is 0.659. The van der Waals surface area contributed by atoms with E-state index in [1.807, 2.05) is 0 Å². The quantitative estimate of drug-likeness (QED) is 0.666. The maximum Gasteiger partial charge on any atom is 0.0614 e. The fourth-order valence-electron chi connectivity index (χ4n) is 3.17. The van der Waals surface area contributed by atoms with Gasteiger partial charge in [0.2, 0.25) is 0 Å². The van der Waals surface area contributed by atoms with Crippen molar-refractivity contribution >= 4 is 0 Å². The van der Waals surface area contributed by atoms with Gasteiger partial charge in [-0.3, -0.25) is 0 Å². The van der Waals surface area contributed by atoms with Crippen LogP contribution >= 0.6 is 0 Å². The van der Waals surface area contributed by atoms with Gasteiger partial charge >= 0.3 is 0 Å². The Bertz CT molecular complexity index is 265. The summed E-state index contributed by atoms with van der Waals surface area (Å²) < 4.78 is 6.04. The van der Waals surface area contributed by atoms with E-state index in [1.165, 1.54) is 25.7 Å². The lowest BCUT2D eigenvalue weighted by Gasteiger charge is -2.40. The molecule has 0 spiro atoms. The second-order valence-electron chi connectivity index (χ2n) is 6.98. The van der Waals surface area contributed by atoms with Crippen LogP contribution in [0.15, 0.2) is 0 Å². The molecule has 2 saturated carbocycles. The molecule has 3 nitrogen and oxygen atoms in total. The number of nitrogens with one attached hydrogen (secondary N) is 1. The van der Waals surface area contributed by atoms with Crippen LogP contribution in [-0.4, -0.2) is 36.0 Å². The number of ether oxygens (including phenoxy) is 1. The monoisotopic (exact) mass is 269 g/mol. The molecule has 0 aromatic carbocycles. The molecule has 2 aliphatic carbocycles. The van der Waals surface area contributed by atoms with Gasteiger partial charge in [0, 0.05) is 18.2 Å². The minimum Gasteiger partial charge on any atom is -0.394 e. The van der Waals surface area contributed by atoms with Crippen LogP contribution in [0.2, 0.25) is 0 Å². The molecule has 2 aliphatic rings. The Hall–Kier alpha value is -0.120. The van der Waals surface area contributed by atoms with Crippen molar-refractivity contribution in [3.05, 3.63) is 0 Å². The average molecular weight is 269 g/mol. The molecule has 0 aromatic heterocycles. The highest BCUT2D eigenvalue weighted by Gasteiger charge is 2.40. The number of rotatable bonds is 8. The van der Waals surface area contributed by atoms with Crippen molar-refractivity contribution in [1.29, 1.82) is 0 Å². The molecule has 2 rings (SSSR count). The first kappa shape index (κ1) is 15.3. The minimum atomic E-state index is -0.0534. The highest BCUT2D eigenvalue weighted by molar-refractivity contribution is 4.99. The van der Waals surface area contributed by atoms with Gasteiger partial charge in [0.05, 0.1) is 12.7 Å². The third-order valence-electron chi connectivity index (χ3n) is 4.47. The molecule has 2 N–H and O–H groups in total. The first-order valence-corrected chi connectivity index (χ1v) is 8.14. The zero-order valence-corrected chi connectivity index (χ0v) is 12.7. The highest BCUT2D eigenvalue weighted by atomic mass is 16.5. The Morgan fingerprint density at radius 2 is 2.11 bits per heavy atom. The maximum atomic E-state index is 9.76. The Morgan fingerprint density at radius 1 is 1.32 bits per heavy atom. The van der Waals surface area contributed by atoms with Gasteiger partial charge in [-0.05, 0) is 57.3 Å². The summed E-state index contributed by atoms with van der Waals surface area (Å²) in [5.74, 6) is 0.767. The van der Waals surface area contributed by atoms with Crippen molar-refractivity contribution in [3.63, 3.8) is 0 Å². The van der Waals surface area contributed by atoms with Crippen LogP contribution < -0.4 is 5.32 Å². The summed E-state index contributed by atoms with van der Waals surface area (Å²) >= 11 is 0. The minimum absolute atomic E-state index is 0.0534. The van der Waals surface area contributed by atoms with E-state index >= 15 is 0 Å². The lowest BCUT2D eigenvalue weighted by Crippen LogP contribution is -2.54. The summed E-state index contributed by atoms with van der Waals surface area (Å²) in [6.07, 6.45) is 9.75. The van der Waals surface area contributed by atoms with Crippen molar-refractivity contribution in [1.82, 2.24) is 5.32 Å². The van der Waals surface area contributed by atoms with Crippen LogP contribution in [0.4, 0.5) is 0 Å². The molecule has 2 unspecified atom stereocenters. The number of hydrogen-bond acceptors (Lipinski definition) is 3. The molecule has 0 aliphatic heterocycles. The smallest absolute Gasteiger partial charge is 0.0614 e. The number of hydrogen-bond donors (Lipinski definition) is 2. The van der Waals surface area contributed by atoms with Gasteiger partial charge in [0.1, 0.15) is 0 Å². The van der Waals surface area contributed by atoms with E-state index in [2.05, 4.69) is 19.2 Å². The first-order chi connectivity index (χ1) is 9.13. The van der Waals surface area contributed by atoms with Crippen LogP contribution in [0.1, 0.15) is 65.2 Å². The van der Waals surface area contributed by atoms with Gasteiger partial charge in [0.25, 0.3) is 0 Å². The summed E-state index contributed by atoms with van der Waals surface area (Å²) in [4.78, 5) is 0. The van der Waals surface area contributed by atoms with Crippen LogP contribution in [-0.2, 0) is 4.74 Å². The SMILES string of the molecule is CC(C)CCCOC1CCCC(CO)(NC2CC2)C1. The topological polar surface area (TPSA) is 41.5 Å². The molecule has 3 heteroatoms. The van der Waals surface area contributed by atoms with Crippen molar-refractivity contribution in [2.24, 2.45) is 5.92 Å². The molecule has 2 atom stereocenters. The van der Waals surface area contributed by atoms with E-state index in [0.29, 0.717) is 12.1 Å². The maximum absolute atomic E-state index is 9.76. The molecular weight excluding hydrogens is 238 g/mol. The van der Waals surface area contributed by atoms with E-state index in [4.69, 9.17) is 4.74 Å². The average Bonchev–Trinajstić information content (AvgIpc) is 3.19. The summed E-state index contributed by atoms with van der Waals surface area (Å²) in [5, 5.41) is 13.4. The summed E-state index contributed by atoms with van der Waals surface area (Å²) in [5.41, 5.74) is -0.0534. The standard InChI is InChI=1S/C16H31NO2/c1-13(2)5-4-10-19-15-6-3-9-16(11-15,12-18)17-14-7-8-14/h13-15,17-18H,3-12H2,1-2H3. The van der Waals surface area contributed by atoms with Gasteiger partial charge in [-0.25, -0.2) is 0 Å². The Balaban J connectivity index is 1.72. The van der Waals surface area contributed by atoms with E-state index in [1.54, 1.807) is 0 Å². The third kappa shape index (κ3) is 5.05. The Kier molecular flexibility index (Phi) is 5.67. The second kappa shape index (κ2) is 7.05. The van der Waals surface area contributed by atoms with Gasteiger partial charge < -0.3 is 15.2 Å². The van der Waals surface area contributed by atoms with Crippen molar-refractivity contribution in [2.75, 3.05) is 13.2 Å². The summed E-state index contributed by atoms with van der Waals surface area (Å²) in [7, 11) is 0. The van der Waals surface area contributed by atoms with Crippen molar-refractivity contribution in [2.45, 2.75) is 82.9 Å². The fourth-order valence-corrected chi connectivity index (χ4v) is 3.17. The molecule has 0 amide bonds. The van der Waals surface area contributed by atoms with Crippen LogP contribution in [0.5, 0.6) is 0 Å².